The Morgan fingerprint density at radius 1 is 1.00 bits per heavy atom. The number of aliphatic hydroxyl groups is 1. The van der Waals surface area contributed by atoms with E-state index in [0.29, 0.717) is 0 Å². The molecule has 0 aliphatic carbocycles. The van der Waals surface area contributed by atoms with Crippen LogP contribution in [0.1, 0.15) is 17.0 Å². The van der Waals surface area contributed by atoms with E-state index in [2.05, 4.69) is 35.8 Å². The van der Waals surface area contributed by atoms with Crippen LogP contribution in [0.4, 0.5) is 0 Å². The minimum Gasteiger partial charge on any atom is -0.395 e. The van der Waals surface area contributed by atoms with Crippen LogP contribution in [0, 0.1) is 13.8 Å². The predicted octanol–water partition coefficient (Wildman–Crippen LogP) is 1.60. The normalized spacial score (nSPS) is 16.8. The number of nitrogens with zero attached hydrogens (tertiary/aromatic N) is 4. The second-order valence-corrected chi connectivity index (χ2v) is 6.24. The Morgan fingerprint density at radius 2 is 1.65 bits per heavy atom. The van der Waals surface area contributed by atoms with Crippen molar-refractivity contribution in [3.8, 4) is 5.69 Å². The first-order chi connectivity index (χ1) is 11.2. The molecule has 1 aliphatic heterocycles. The second kappa shape index (κ2) is 7.25. The molecule has 5 heteroatoms. The largest absolute Gasteiger partial charge is 0.395 e. The lowest BCUT2D eigenvalue weighted by Gasteiger charge is -2.34. The van der Waals surface area contributed by atoms with E-state index in [1.807, 2.05) is 22.9 Å². The number of hydrogen-bond donors (Lipinski definition) is 1. The van der Waals surface area contributed by atoms with E-state index in [1.165, 1.54) is 11.3 Å². The van der Waals surface area contributed by atoms with Gasteiger partial charge >= 0.3 is 0 Å². The molecule has 1 fully saturated rings. The molecule has 2 heterocycles. The SMILES string of the molecule is Cc1nn(-c2ccccc2)c(C)c1CN1CCN(CCO)CC1. The predicted molar refractivity (Wildman–Crippen MR) is 91.8 cm³/mol. The van der Waals surface area contributed by atoms with E-state index in [9.17, 15) is 0 Å². The van der Waals surface area contributed by atoms with Gasteiger partial charge in [-0.1, -0.05) is 18.2 Å². The lowest BCUT2D eigenvalue weighted by Crippen LogP contribution is -2.46. The first-order valence-corrected chi connectivity index (χ1v) is 8.35. The number of aromatic nitrogens is 2. The van der Waals surface area contributed by atoms with Gasteiger partial charge in [0, 0.05) is 50.5 Å². The van der Waals surface area contributed by atoms with Crippen LogP contribution in [0.2, 0.25) is 0 Å². The van der Waals surface area contributed by atoms with Crippen LogP contribution in [-0.4, -0.2) is 64.0 Å². The van der Waals surface area contributed by atoms with Crippen LogP contribution in [-0.2, 0) is 6.54 Å². The van der Waals surface area contributed by atoms with Gasteiger partial charge in [-0.2, -0.15) is 5.10 Å². The van der Waals surface area contributed by atoms with Gasteiger partial charge in [0.25, 0.3) is 0 Å². The van der Waals surface area contributed by atoms with Crippen LogP contribution in [0.25, 0.3) is 5.69 Å². The second-order valence-electron chi connectivity index (χ2n) is 6.24. The van der Waals surface area contributed by atoms with Crippen molar-refractivity contribution < 1.29 is 5.11 Å². The molecule has 0 unspecified atom stereocenters. The molecule has 124 valence electrons. The number of aryl methyl sites for hydroxylation is 1. The highest BCUT2D eigenvalue weighted by Crippen LogP contribution is 2.20. The third-order valence-corrected chi connectivity index (χ3v) is 4.70. The van der Waals surface area contributed by atoms with Gasteiger partial charge in [0.2, 0.25) is 0 Å². The first-order valence-electron chi connectivity index (χ1n) is 8.35. The zero-order valence-corrected chi connectivity index (χ0v) is 14.1. The molecule has 0 amide bonds. The zero-order chi connectivity index (χ0) is 16.2. The van der Waals surface area contributed by atoms with Crippen molar-refractivity contribution in [1.82, 2.24) is 19.6 Å². The Hall–Kier alpha value is -1.69. The van der Waals surface area contributed by atoms with E-state index >= 15 is 0 Å². The smallest absolute Gasteiger partial charge is 0.0648 e. The van der Waals surface area contributed by atoms with Crippen molar-refractivity contribution >= 4 is 0 Å². The molecule has 0 atom stereocenters. The average Bonchev–Trinajstić information content (AvgIpc) is 2.86. The highest BCUT2D eigenvalue weighted by molar-refractivity contribution is 5.36. The number of rotatable bonds is 5. The highest BCUT2D eigenvalue weighted by Gasteiger charge is 2.20. The number of benzene rings is 1. The topological polar surface area (TPSA) is 44.5 Å². The minimum atomic E-state index is 0.252. The third kappa shape index (κ3) is 3.63. The van der Waals surface area contributed by atoms with E-state index in [-0.39, 0.29) is 6.61 Å². The van der Waals surface area contributed by atoms with Crippen molar-refractivity contribution in [2.24, 2.45) is 0 Å². The molecule has 1 saturated heterocycles. The number of hydrogen-bond acceptors (Lipinski definition) is 4. The Bertz CT molecular complexity index is 630. The summed E-state index contributed by atoms with van der Waals surface area (Å²) < 4.78 is 2.05. The summed E-state index contributed by atoms with van der Waals surface area (Å²) in [7, 11) is 0. The van der Waals surface area contributed by atoms with Crippen LogP contribution in [0.3, 0.4) is 0 Å². The van der Waals surface area contributed by atoms with Gasteiger partial charge in [0.1, 0.15) is 0 Å². The average molecular weight is 314 g/mol. The summed E-state index contributed by atoms with van der Waals surface area (Å²) in [5.74, 6) is 0. The van der Waals surface area contributed by atoms with E-state index in [0.717, 1.165) is 50.6 Å². The molecule has 0 bridgehead atoms. The van der Waals surface area contributed by atoms with Crippen molar-refractivity contribution in [2.45, 2.75) is 20.4 Å². The van der Waals surface area contributed by atoms with Crippen molar-refractivity contribution in [3.63, 3.8) is 0 Å². The molecule has 0 saturated carbocycles. The van der Waals surface area contributed by atoms with Gasteiger partial charge in [-0.25, -0.2) is 4.68 Å². The standard InChI is InChI=1S/C18H26N4O/c1-15-18(14-21-10-8-20(9-11-21)12-13-23)16(2)22(19-15)17-6-4-3-5-7-17/h3-7,23H,8-14H2,1-2H3. The van der Waals surface area contributed by atoms with Gasteiger partial charge in [-0.05, 0) is 26.0 Å². The van der Waals surface area contributed by atoms with Crippen LogP contribution in [0.5, 0.6) is 0 Å². The van der Waals surface area contributed by atoms with Crippen molar-refractivity contribution in [2.75, 3.05) is 39.3 Å². The molecule has 5 nitrogen and oxygen atoms in total. The van der Waals surface area contributed by atoms with E-state index in [4.69, 9.17) is 10.2 Å². The minimum absolute atomic E-state index is 0.252. The summed E-state index contributed by atoms with van der Waals surface area (Å²) >= 11 is 0. The fraction of sp³-hybridized carbons (Fsp3) is 0.500. The maximum absolute atomic E-state index is 9.04. The summed E-state index contributed by atoms with van der Waals surface area (Å²) in [4.78, 5) is 4.81. The quantitative estimate of drug-likeness (QED) is 0.910. The summed E-state index contributed by atoms with van der Waals surface area (Å²) in [6.07, 6.45) is 0. The summed E-state index contributed by atoms with van der Waals surface area (Å²) in [5.41, 5.74) is 4.80. The summed E-state index contributed by atoms with van der Waals surface area (Å²) in [6.45, 7) is 10.4. The molecule has 2 aromatic rings. The Kier molecular flexibility index (Phi) is 5.10. The Balaban J connectivity index is 1.71. The molecule has 0 spiro atoms. The molecule has 23 heavy (non-hydrogen) atoms. The number of aliphatic hydroxyl groups excluding tert-OH is 1. The van der Waals surface area contributed by atoms with Gasteiger partial charge in [0.05, 0.1) is 18.0 Å². The van der Waals surface area contributed by atoms with Gasteiger partial charge in [0.15, 0.2) is 0 Å². The molecule has 0 radical (unpaired) electrons. The highest BCUT2D eigenvalue weighted by atomic mass is 16.3. The molecule has 1 aromatic heterocycles. The van der Waals surface area contributed by atoms with Crippen LogP contribution < -0.4 is 0 Å². The Labute approximate surface area is 138 Å². The Morgan fingerprint density at radius 3 is 2.30 bits per heavy atom. The van der Waals surface area contributed by atoms with Gasteiger partial charge in [-0.3, -0.25) is 9.80 Å². The number of para-hydroxylation sites is 1. The molecule has 1 aliphatic rings. The van der Waals surface area contributed by atoms with E-state index in [1.54, 1.807) is 0 Å². The summed E-state index contributed by atoms with van der Waals surface area (Å²) in [6, 6.07) is 10.3. The maximum atomic E-state index is 9.04. The van der Waals surface area contributed by atoms with Crippen LogP contribution in [0.15, 0.2) is 30.3 Å². The molecule has 1 aromatic carbocycles. The lowest BCUT2D eigenvalue weighted by atomic mass is 10.1. The molecule has 1 N–H and O–H groups in total. The number of piperazine rings is 1. The molecule has 3 rings (SSSR count). The van der Waals surface area contributed by atoms with E-state index < -0.39 is 0 Å². The fourth-order valence-corrected chi connectivity index (χ4v) is 3.26. The first kappa shape index (κ1) is 16.2. The lowest BCUT2D eigenvalue weighted by molar-refractivity contribution is 0.108. The van der Waals surface area contributed by atoms with Crippen LogP contribution >= 0.6 is 0 Å². The van der Waals surface area contributed by atoms with Crippen molar-refractivity contribution in [1.29, 1.82) is 0 Å². The van der Waals surface area contributed by atoms with Gasteiger partial charge < -0.3 is 5.11 Å². The zero-order valence-electron chi connectivity index (χ0n) is 14.1. The summed E-state index contributed by atoms with van der Waals surface area (Å²) in [5, 5.41) is 13.8. The monoisotopic (exact) mass is 314 g/mol. The van der Waals surface area contributed by atoms with Crippen molar-refractivity contribution in [3.05, 3.63) is 47.3 Å². The maximum Gasteiger partial charge on any atom is 0.0648 e. The fourth-order valence-electron chi connectivity index (χ4n) is 3.26. The molecular formula is C18H26N4O. The molecular weight excluding hydrogens is 288 g/mol. The van der Waals surface area contributed by atoms with Gasteiger partial charge in [-0.15, -0.1) is 0 Å². The number of β-amino-alcohol motifs (C(OH)–C–C–N with tert-alkyl or cyclic N) is 1. The third-order valence-electron chi connectivity index (χ3n) is 4.70.